The minimum absolute atomic E-state index is 0.0266. The Bertz CT molecular complexity index is 659. The summed E-state index contributed by atoms with van der Waals surface area (Å²) in [6, 6.07) is 7.58. The van der Waals surface area contributed by atoms with Crippen LogP contribution in [-0.2, 0) is 0 Å². The highest BCUT2D eigenvalue weighted by Gasteiger charge is 2.23. The predicted molar refractivity (Wildman–Crippen MR) is 80.1 cm³/mol. The first-order valence-electron chi connectivity index (χ1n) is 6.72. The van der Waals surface area contributed by atoms with E-state index in [9.17, 15) is 4.79 Å². The van der Waals surface area contributed by atoms with Gasteiger partial charge in [-0.05, 0) is 31.2 Å². The highest BCUT2D eigenvalue weighted by atomic mass is 35.5. The van der Waals surface area contributed by atoms with Gasteiger partial charge >= 0.3 is 0 Å². The summed E-state index contributed by atoms with van der Waals surface area (Å²) in [6.45, 7) is 4.35. The zero-order valence-corrected chi connectivity index (χ0v) is 12.0. The molecule has 0 spiro atoms. The molecule has 2 aromatic rings. The molecule has 1 fully saturated rings. The molecular formula is C15H16ClN3O. The van der Waals surface area contributed by atoms with Crippen LogP contribution in [0.3, 0.4) is 0 Å². The lowest BCUT2D eigenvalue weighted by atomic mass is 10.1. The van der Waals surface area contributed by atoms with Gasteiger partial charge in [0.15, 0.2) is 0 Å². The SMILES string of the molecule is C[C@@H]1CN(C(=O)c2ccc(Cl)c3cccnc23)CCN1. The number of piperazine rings is 1. The number of hydrogen-bond donors (Lipinski definition) is 1. The smallest absolute Gasteiger partial charge is 0.256 e. The second kappa shape index (κ2) is 5.38. The molecule has 1 atom stereocenters. The van der Waals surface area contributed by atoms with Gasteiger partial charge < -0.3 is 10.2 Å². The van der Waals surface area contributed by atoms with Gasteiger partial charge in [-0.1, -0.05) is 11.6 Å². The van der Waals surface area contributed by atoms with E-state index in [0.29, 0.717) is 22.1 Å². The fourth-order valence-corrected chi connectivity index (χ4v) is 2.81. The number of halogens is 1. The number of carbonyl (C=O) groups excluding carboxylic acids is 1. The lowest BCUT2D eigenvalue weighted by Crippen LogP contribution is -2.51. The van der Waals surface area contributed by atoms with Gasteiger partial charge in [0.2, 0.25) is 0 Å². The molecular weight excluding hydrogens is 274 g/mol. The minimum Gasteiger partial charge on any atom is -0.336 e. The zero-order valence-electron chi connectivity index (χ0n) is 11.3. The summed E-state index contributed by atoms with van der Waals surface area (Å²) in [6.07, 6.45) is 1.69. The molecule has 3 rings (SSSR count). The van der Waals surface area contributed by atoms with E-state index in [2.05, 4.69) is 17.2 Å². The molecule has 1 aromatic heterocycles. The third-order valence-electron chi connectivity index (χ3n) is 3.60. The van der Waals surface area contributed by atoms with Crippen LogP contribution in [-0.4, -0.2) is 41.5 Å². The molecule has 0 aliphatic carbocycles. The Hall–Kier alpha value is -1.65. The van der Waals surface area contributed by atoms with E-state index in [4.69, 9.17) is 11.6 Å². The van der Waals surface area contributed by atoms with E-state index in [-0.39, 0.29) is 5.91 Å². The summed E-state index contributed by atoms with van der Waals surface area (Å²) in [4.78, 5) is 18.9. The van der Waals surface area contributed by atoms with Gasteiger partial charge in [-0.25, -0.2) is 0 Å². The van der Waals surface area contributed by atoms with Crippen LogP contribution in [0, 0.1) is 0 Å². The molecule has 0 bridgehead atoms. The Morgan fingerprint density at radius 3 is 3.10 bits per heavy atom. The van der Waals surface area contributed by atoms with E-state index < -0.39 is 0 Å². The summed E-state index contributed by atoms with van der Waals surface area (Å²) >= 11 is 6.17. The molecule has 1 N–H and O–H groups in total. The second-order valence-corrected chi connectivity index (χ2v) is 5.51. The first kappa shape index (κ1) is 13.3. The third kappa shape index (κ3) is 2.37. The molecule has 4 nitrogen and oxygen atoms in total. The van der Waals surface area contributed by atoms with Gasteiger partial charge in [0, 0.05) is 37.3 Å². The Balaban J connectivity index is 2.01. The largest absolute Gasteiger partial charge is 0.336 e. The lowest BCUT2D eigenvalue weighted by molar-refractivity contribution is 0.0711. The quantitative estimate of drug-likeness (QED) is 0.876. The van der Waals surface area contributed by atoms with Crippen molar-refractivity contribution in [3.05, 3.63) is 41.0 Å². The fourth-order valence-electron chi connectivity index (χ4n) is 2.60. The summed E-state index contributed by atoms with van der Waals surface area (Å²) in [5, 5.41) is 4.78. The molecule has 1 aliphatic heterocycles. The molecule has 0 saturated carbocycles. The number of nitrogens with one attached hydrogen (secondary N) is 1. The normalized spacial score (nSPS) is 19.3. The van der Waals surface area contributed by atoms with Crippen molar-refractivity contribution in [1.29, 1.82) is 0 Å². The first-order chi connectivity index (χ1) is 9.66. The van der Waals surface area contributed by atoms with Crippen molar-refractivity contribution in [1.82, 2.24) is 15.2 Å². The Kier molecular flexibility index (Phi) is 3.59. The summed E-state index contributed by atoms with van der Waals surface area (Å²) in [5.41, 5.74) is 1.30. The van der Waals surface area contributed by atoms with Crippen LogP contribution in [0.5, 0.6) is 0 Å². The molecule has 104 valence electrons. The standard InChI is InChI=1S/C15H16ClN3O/c1-10-9-19(8-7-17-10)15(20)12-4-5-13(16)11-3-2-6-18-14(11)12/h2-6,10,17H,7-9H2,1H3/t10-/m1/s1. The number of pyridine rings is 1. The van der Waals surface area contributed by atoms with Gasteiger partial charge in [-0.15, -0.1) is 0 Å². The molecule has 1 aliphatic rings. The van der Waals surface area contributed by atoms with Crippen molar-refractivity contribution in [3.8, 4) is 0 Å². The molecule has 0 unspecified atom stereocenters. The summed E-state index contributed by atoms with van der Waals surface area (Å²) < 4.78 is 0. The molecule has 20 heavy (non-hydrogen) atoms. The molecule has 0 radical (unpaired) electrons. The maximum absolute atomic E-state index is 12.7. The van der Waals surface area contributed by atoms with E-state index in [0.717, 1.165) is 25.0 Å². The zero-order chi connectivity index (χ0) is 14.1. The monoisotopic (exact) mass is 289 g/mol. The van der Waals surface area contributed by atoms with Gasteiger partial charge in [-0.2, -0.15) is 0 Å². The van der Waals surface area contributed by atoms with Crippen molar-refractivity contribution in [2.75, 3.05) is 19.6 Å². The van der Waals surface area contributed by atoms with Gasteiger partial charge in [0.05, 0.1) is 16.1 Å². The molecule has 1 amide bonds. The van der Waals surface area contributed by atoms with Crippen LogP contribution in [0.15, 0.2) is 30.5 Å². The Morgan fingerprint density at radius 1 is 1.45 bits per heavy atom. The number of hydrogen-bond acceptors (Lipinski definition) is 3. The van der Waals surface area contributed by atoms with Gasteiger partial charge in [0.1, 0.15) is 0 Å². The van der Waals surface area contributed by atoms with Crippen molar-refractivity contribution in [3.63, 3.8) is 0 Å². The van der Waals surface area contributed by atoms with Crippen molar-refractivity contribution in [2.24, 2.45) is 0 Å². The van der Waals surface area contributed by atoms with E-state index in [1.54, 1.807) is 18.3 Å². The van der Waals surface area contributed by atoms with Crippen LogP contribution in [0.1, 0.15) is 17.3 Å². The molecule has 5 heteroatoms. The predicted octanol–water partition coefficient (Wildman–Crippen LogP) is 2.32. The number of benzene rings is 1. The maximum atomic E-state index is 12.7. The minimum atomic E-state index is 0.0266. The first-order valence-corrected chi connectivity index (χ1v) is 7.10. The molecule has 2 heterocycles. The number of fused-ring (bicyclic) bond motifs is 1. The molecule has 1 saturated heterocycles. The summed E-state index contributed by atoms with van der Waals surface area (Å²) in [5.74, 6) is 0.0266. The van der Waals surface area contributed by atoms with E-state index >= 15 is 0 Å². The van der Waals surface area contributed by atoms with Gasteiger partial charge in [0.25, 0.3) is 5.91 Å². The lowest BCUT2D eigenvalue weighted by Gasteiger charge is -2.32. The average molecular weight is 290 g/mol. The van der Waals surface area contributed by atoms with E-state index in [1.165, 1.54) is 0 Å². The second-order valence-electron chi connectivity index (χ2n) is 5.10. The fraction of sp³-hybridized carbons (Fsp3) is 0.333. The van der Waals surface area contributed by atoms with Crippen molar-refractivity contribution in [2.45, 2.75) is 13.0 Å². The number of nitrogens with zero attached hydrogens (tertiary/aromatic N) is 2. The van der Waals surface area contributed by atoms with Crippen LogP contribution < -0.4 is 5.32 Å². The topological polar surface area (TPSA) is 45.2 Å². The average Bonchev–Trinajstić information content (AvgIpc) is 2.47. The number of carbonyl (C=O) groups is 1. The highest BCUT2D eigenvalue weighted by molar-refractivity contribution is 6.36. The van der Waals surface area contributed by atoms with E-state index in [1.807, 2.05) is 17.0 Å². The van der Waals surface area contributed by atoms with Crippen LogP contribution in [0.25, 0.3) is 10.9 Å². The summed E-state index contributed by atoms with van der Waals surface area (Å²) in [7, 11) is 0. The van der Waals surface area contributed by atoms with Crippen LogP contribution in [0.4, 0.5) is 0 Å². The number of amides is 1. The van der Waals surface area contributed by atoms with Gasteiger partial charge in [-0.3, -0.25) is 9.78 Å². The Morgan fingerprint density at radius 2 is 2.30 bits per heavy atom. The van der Waals surface area contributed by atoms with Crippen LogP contribution in [0.2, 0.25) is 5.02 Å². The molecule has 1 aromatic carbocycles. The van der Waals surface area contributed by atoms with Crippen LogP contribution >= 0.6 is 11.6 Å². The Labute approximate surface area is 122 Å². The number of rotatable bonds is 1. The van der Waals surface area contributed by atoms with Crippen molar-refractivity contribution < 1.29 is 4.79 Å². The third-order valence-corrected chi connectivity index (χ3v) is 3.93. The highest BCUT2D eigenvalue weighted by Crippen LogP contribution is 2.25. The maximum Gasteiger partial charge on any atom is 0.256 e. The number of aromatic nitrogens is 1. The van der Waals surface area contributed by atoms with Crippen molar-refractivity contribution >= 4 is 28.4 Å².